The van der Waals surface area contributed by atoms with Crippen molar-refractivity contribution in [1.29, 1.82) is 0 Å². The number of anilines is 2. The molecular weight excluding hydrogens is 484 g/mol. The van der Waals surface area contributed by atoms with Gasteiger partial charge in [0.05, 0.1) is 0 Å². The molecule has 6 rings (SSSR count). The van der Waals surface area contributed by atoms with Crippen LogP contribution in [0.3, 0.4) is 0 Å². The van der Waals surface area contributed by atoms with Crippen molar-refractivity contribution in [3.8, 4) is 55.6 Å². The molecule has 0 amide bonds. The highest BCUT2D eigenvalue weighted by atomic mass is 14.6. The molecule has 0 fully saturated rings. The van der Waals surface area contributed by atoms with Crippen molar-refractivity contribution in [2.24, 2.45) is 0 Å². The molecule has 2 nitrogen and oxygen atoms in total. The molecule has 0 saturated heterocycles. The molecule has 0 aliphatic heterocycles. The highest BCUT2D eigenvalue weighted by molar-refractivity contribution is 6.13. The van der Waals surface area contributed by atoms with E-state index >= 15 is 0 Å². The molecule has 0 aromatic heterocycles. The van der Waals surface area contributed by atoms with Gasteiger partial charge in [-0.2, -0.15) is 0 Å². The molecule has 2 heteroatoms. The molecule has 4 N–H and O–H groups in total. The van der Waals surface area contributed by atoms with Crippen LogP contribution in [-0.2, 0) is 0 Å². The fourth-order valence-corrected chi connectivity index (χ4v) is 5.75. The van der Waals surface area contributed by atoms with Crippen molar-refractivity contribution in [1.82, 2.24) is 0 Å². The molecule has 6 aromatic rings. The Bertz CT molecular complexity index is 1690. The van der Waals surface area contributed by atoms with E-state index in [9.17, 15) is 0 Å². The maximum atomic E-state index is 7.34. The van der Waals surface area contributed by atoms with E-state index in [2.05, 4.69) is 129 Å². The van der Waals surface area contributed by atoms with Crippen LogP contribution in [0.2, 0.25) is 0 Å². The molecular formula is C38H32N2. The first-order valence-electron chi connectivity index (χ1n) is 13.6. The first kappa shape index (κ1) is 25.2. The van der Waals surface area contributed by atoms with Gasteiger partial charge in [-0.3, -0.25) is 0 Å². The van der Waals surface area contributed by atoms with Crippen molar-refractivity contribution < 1.29 is 0 Å². The van der Waals surface area contributed by atoms with Crippen LogP contribution >= 0.6 is 0 Å². The van der Waals surface area contributed by atoms with Gasteiger partial charge in [-0.1, -0.05) is 127 Å². The molecule has 0 aliphatic rings. The summed E-state index contributed by atoms with van der Waals surface area (Å²) < 4.78 is 0. The molecule has 0 saturated carbocycles. The topological polar surface area (TPSA) is 52.0 Å². The highest BCUT2D eigenvalue weighted by Gasteiger charge is 2.28. The molecule has 0 bridgehead atoms. The first-order chi connectivity index (χ1) is 19.6. The number of nitrogens with two attached hydrogens (primary N) is 2. The van der Waals surface area contributed by atoms with Crippen molar-refractivity contribution in [3.63, 3.8) is 0 Å². The van der Waals surface area contributed by atoms with Crippen molar-refractivity contribution in [3.05, 3.63) is 145 Å². The summed E-state index contributed by atoms with van der Waals surface area (Å²) >= 11 is 0. The predicted molar refractivity (Wildman–Crippen MR) is 172 cm³/mol. The molecule has 0 atom stereocenters. The van der Waals surface area contributed by atoms with E-state index < -0.39 is 0 Å². The Balaban J connectivity index is 1.92. The maximum Gasteiger partial charge on any atom is 0.0486 e. The van der Waals surface area contributed by atoms with E-state index in [0.717, 1.165) is 78.1 Å². The Kier molecular flexibility index (Phi) is 6.67. The first-order valence-corrected chi connectivity index (χ1v) is 13.6. The van der Waals surface area contributed by atoms with Crippen LogP contribution in [0.4, 0.5) is 11.4 Å². The van der Waals surface area contributed by atoms with Crippen LogP contribution in [-0.4, -0.2) is 0 Å². The van der Waals surface area contributed by atoms with E-state index in [1.165, 1.54) is 0 Å². The third-order valence-electron chi connectivity index (χ3n) is 7.89. The predicted octanol–water partition coefficient (Wildman–Crippen LogP) is 9.80. The van der Waals surface area contributed by atoms with E-state index in [0.29, 0.717) is 0 Å². The van der Waals surface area contributed by atoms with Crippen LogP contribution in [0, 0.1) is 13.8 Å². The summed E-state index contributed by atoms with van der Waals surface area (Å²) in [5.41, 5.74) is 28.6. The summed E-state index contributed by atoms with van der Waals surface area (Å²) in [5.74, 6) is 0. The Morgan fingerprint density at radius 2 is 0.700 bits per heavy atom. The van der Waals surface area contributed by atoms with Gasteiger partial charge >= 0.3 is 0 Å². The quantitative estimate of drug-likeness (QED) is 0.224. The van der Waals surface area contributed by atoms with Crippen LogP contribution in [0.15, 0.2) is 133 Å². The fourth-order valence-electron chi connectivity index (χ4n) is 5.75. The zero-order valence-corrected chi connectivity index (χ0v) is 22.9. The number of benzene rings is 6. The zero-order valence-electron chi connectivity index (χ0n) is 22.9. The molecule has 6 aromatic carbocycles. The molecule has 40 heavy (non-hydrogen) atoms. The van der Waals surface area contributed by atoms with Crippen molar-refractivity contribution in [2.45, 2.75) is 13.8 Å². The Morgan fingerprint density at radius 1 is 0.350 bits per heavy atom. The van der Waals surface area contributed by atoms with Crippen molar-refractivity contribution >= 4 is 11.4 Å². The summed E-state index contributed by atoms with van der Waals surface area (Å²) in [6.45, 7) is 4.28. The Hall–Kier alpha value is -5.08. The lowest BCUT2D eigenvalue weighted by atomic mass is 9.76. The van der Waals surface area contributed by atoms with Gasteiger partial charge < -0.3 is 11.5 Å². The largest absolute Gasteiger partial charge is 0.399 e. The van der Waals surface area contributed by atoms with Gasteiger partial charge in [-0.25, -0.2) is 0 Å². The standard InChI is InChI=1S/C38H32N2/c1-25-26(2)32(39)24-23-31(25)37-33(27-15-7-3-8-16-27)35(29-19-11-5-12-20-29)38(40)36(30-21-13-6-14-22-30)34(37)28-17-9-4-10-18-28/h3-24H,39-40H2,1-2H3. The Labute approximate surface area is 236 Å². The zero-order chi connectivity index (χ0) is 27.6. The number of hydrogen-bond donors (Lipinski definition) is 2. The highest BCUT2D eigenvalue weighted by Crippen LogP contribution is 2.54. The lowest BCUT2D eigenvalue weighted by molar-refractivity contribution is 1.34. The smallest absolute Gasteiger partial charge is 0.0486 e. The summed E-state index contributed by atoms with van der Waals surface area (Å²) in [6.07, 6.45) is 0. The minimum Gasteiger partial charge on any atom is -0.399 e. The average molecular weight is 517 g/mol. The van der Waals surface area contributed by atoms with E-state index in [1.807, 2.05) is 18.2 Å². The van der Waals surface area contributed by atoms with E-state index in [1.54, 1.807) is 0 Å². The van der Waals surface area contributed by atoms with Gasteiger partial charge in [-0.05, 0) is 64.4 Å². The minimum absolute atomic E-state index is 0.767. The molecule has 0 spiro atoms. The molecule has 0 heterocycles. The lowest BCUT2D eigenvalue weighted by Crippen LogP contribution is -2.05. The summed E-state index contributed by atoms with van der Waals surface area (Å²) in [7, 11) is 0. The van der Waals surface area contributed by atoms with Crippen LogP contribution in [0.25, 0.3) is 55.6 Å². The van der Waals surface area contributed by atoms with Gasteiger partial charge in [-0.15, -0.1) is 0 Å². The van der Waals surface area contributed by atoms with Crippen LogP contribution in [0.5, 0.6) is 0 Å². The molecule has 0 unspecified atom stereocenters. The van der Waals surface area contributed by atoms with E-state index in [-0.39, 0.29) is 0 Å². The average Bonchev–Trinajstić information content (AvgIpc) is 3.01. The second-order valence-corrected chi connectivity index (χ2v) is 10.2. The molecule has 0 radical (unpaired) electrons. The van der Waals surface area contributed by atoms with E-state index in [4.69, 9.17) is 11.5 Å². The van der Waals surface area contributed by atoms with Gasteiger partial charge in [0, 0.05) is 33.6 Å². The SMILES string of the molecule is Cc1c(N)ccc(-c2c(-c3ccccc3)c(-c3ccccc3)c(N)c(-c3ccccc3)c2-c2ccccc2)c1C. The minimum atomic E-state index is 0.767. The monoisotopic (exact) mass is 516 g/mol. The normalized spacial score (nSPS) is 10.9. The van der Waals surface area contributed by atoms with Gasteiger partial charge in [0.25, 0.3) is 0 Å². The third-order valence-corrected chi connectivity index (χ3v) is 7.89. The number of hydrogen-bond acceptors (Lipinski definition) is 2. The Morgan fingerprint density at radius 3 is 1.07 bits per heavy atom. The number of rotatable bonds is 5. The fraction of sp³-hybridized carbons (Fsp3) is 0.0526. The summed E-state index contributed by atoms with van der Waals surface area (Å²) in [5, 5.41) is 0. The van der Waals surface area contributed by atoms with Crippen molar-refractivity contribution in [2.75, 3.05) is 11.5 Å². The van der Waals surface area contributed by atoms with Gasteiger partial charge in [0.15, 0.2) is 0 Å². The summed E-state index contributed by atoms with van der Waals surface area (Å²) in [6, 6.07) is 46.5. The number of nitrogen functional groups attached to an aromatic ring is 2. The maximum absolute atomic E-state index is 7.34. The van der Waals surface area contributed by atoms with Gasteiger partial charge in [0.2, 0.25) is 0 Å². The molecule has 0 aliphatic carbocycles. The second-order valence-electron chi connectivity index (χ2n) is 10.2. The second kappa shape index (κ2) is 10.6. The van der Waals surface area contributed by atoms with Crippen LogP contribution < -0.4 is 11.5 Å². The third kappa shape index (κ3) is 4.34. The summed E-state index contributed by atoms with van der Waals surface area (Å²) in [4.78, 5) is 0. The lowest BCUT2D eigenvalue weighted by Gasteiger charge is -2.28. The van der Waals surface area contributed by atoms with Crippen LogP contribution in [0.1, 0.15) is 11.1 Å². The molecule has 194 valence electrons. The van der Waals surface area contributed by atoms with Gasteiger partial charge in [0.1, 0.15) is 0 Å².